The number of hydrogen-bond donors (Lipinski definition) is 3. The van der Waals surface area contributed by atoms with Crippen LogP contribution in [-0.4, -0.2) is 28.7 Å². The van der Waals surface area contributed by atoms with Crippen molar-refractivity contribution >= 4 is 62.9 Å². The summed E-state index contributed by atoms with van der Waals surface area (Å²) in [6.07, 6.45) is -0.409. The Morgan fingerprint density at radius 3 is 2.17 bits per heavy atom. The number of carbonyl (C=O) groups is 2. The van der Waals surface area contributed by atoms with Crippen LogP contribution in [0.2, 0.25) is 0 Å². The van der Waals surface area contributed by atoms with Gasteiger partial charge in [-0.25, -0.2) is 4.79 Å². The van der Waals surface area contributed by atoms with Gasteiger partial charge in [0.05, 0.1) is 7.14 Å². The molecule has 0 aliphatic rings. The van der Waals surface area contributed by atoms with Crippen LogP contribution in [0.25, 0.3) is 0 Å². The van der Waals surface area contributed by atoms with Gasteiger partial charge in [-0.2, -0.15) is 0 Å². The average Bonchev–Trinajstić information content (AvgIpc) is 2.59. The van der Waals surface area contributed by atoms with E-state index < -0.39 is 17.7 Å². The van der Waals surface area contributed by atoms with E-state index in [2.05, 4.69) is 10.6 Å². The number of carbonyl (C=O) groups excluding carboxylic acids is 2. The maximum atomic E-state index is 12.9. The van der Waals surface area contributed by atoms with Crippen molar-refractivity contribution in [2.75, 3.05) is 5.32 Å². The molecule has 3 N–H and O–H groups in total. The van der Waals surface area contributed by atoms with Gasteiger partial charge in [0.1, 0.15) is 17.4 Å². The lowest BCUT2D eigenvalue weighted by Crippen LogP contribution is -2.47. The fourth-order valence-corrected chi connectivity index (χ4v) is 4.39. The first-order chi connectivity index (χ1) is 13.4. The average molecular weight is 622 g/mol. The van der Waals surface area contributed by atoms with E-state index in [0.717, 1.165) is 11.1 Å². The molecule has 0 radical (unpaired) electrons. The zero-order valence-electron chi connectivity index (χ0n) is 16.7. The Balaban J connectivity index is 2.23. The van der Waals surface area contributed by atoms with Crippen LogP contribution in [0.5, 0.6) is 5.75 Å². The third-order valence-corrected chi connectivity index (χ3v) is 5.49. The summed E-state index contributed by atoms with van der Waals surface area (Å²) in [5, 5.41) is 15.5. The molecule has 0 aliphatic carbocycles. The largest absolute Gasteiger partial charge is 0.506 e. The number of anilines is 1. The Labute approximate surface area is 198 Å². The molecule has 156 valence electrons. The smallest absolute Gasteiger partial charge is 0.408 e. The molecule has 0 saturated carbocycles. The van der Waals surface area contributed by atoms with E-state index >= 15 is 0 Å². The normalized spacial score (nSPS) is 12.2. The monoisotopic (exact) mass is 622 g/mol. The van der Waals surface area contributed by atoms with Gasteiger partial charge in [0, 0.05) is 12.1 Å². The first-order valence-electron chi connectivity index (χ1n) is 8.98. The Morgan fingerprint density at radius 2 is 1.66 bits per heavy atom. The lowest BCUT2D eigenvalue weighted by molar-refractivity contribution is -0.118. The van der Waals surface area contributed by atoms with Crippen molar-refractivity contribution in [3.63, 3.8) is 0 Å². The second-order valence-electron chi connectivity index (χ2n) is 7.67. The maximum absolute atomic E-state index is 12.9. The highest BCUT2D eigenvalue weighted by Crippen LogP contribution is 2.28. The quantitative estimate of drug-likeness (QED) is 0.411. The van der Waals surface area contributed by atoms with E-state index in [0.29, 0.717) is 12.8 Å². The summed E-state index contributed by atoms with van der Waals surface area (Å²) in [4.78, 5) is 25.2. The lowest BCUT2D eigenvalue weighted by Gasteiger charge is -2.23. The number of nitrogens with one attached hydrogen (secondary N) is 2. The van der Waals surface area contributed by atoms with E-state index in [1.807, 2.05) is 76.4 Å². The highest BCUT2D eigenvalue weighted by atomic mass is 127. The standard InChI is InChI=1S/C21H24I2N2O4/c1-12-5-7-14(8-6-12)24-19(27)17(25-20(28)29-21(2,3)4)11-13-9-15(22)18(26)16(23)10-13/h5-10,17,26H,11H2,1-4H3,(H,24,27)(H,25,28)/t17-/m1/s1. The van der Waals surface area contributed by atoms with Crippen molar-refractivity contribution < 1.29 is 19.4 Å². The van der Waals surface area contributed by atoms with Crippen LogP contribution in [0, 0.1) is 14.1 Å². The van der Waals surface area contributed by atoms with Gasteiger partial charge in [-0.3, -0.25) is 4.79 Å². The van der Waals surface area contributed by atoms with E-state index in [1.165, 1.54) is 0 Å². The van der Waals surface area contributed by atoms with Gasteiger partial charge in [0.2, 0.25) is 5.91 Å². The summed E-state index contributed by atoms with van der Waals surface area (Å²) in [5.74, 6) is -0.145. The van der Waals surface area contributed by atoms with Crippen LogP contribution >= 0.6 is 45.2 Å². The number of aryl methyl sites for hydroxylation is 1. The van der Waals surface area contributed by atoms with E-state index in [-0.39, 0.29) is 18.1 Å². The van der Waals surface area contributed by atoms with Gasteiger partial charge < -0.3 is 20.5 Å². The zero-order chi connectivity index (χ0) is 21.8. The first kappa shape index (κ1) is 23.7. The Bertz CT molecular complexity index is 870. The Morgan fingerprint density at radius 1 is 1.10 bits per heavy atom. The molecule has 0 fully saturated rings. The number of ether oxygens (including phenoxy) is 1. The molecule has 6 nitrogen and oxygen atoms in total. The van der Waals surface area contributed by atoms with Crippen molar-refractivity contribution in [2.45, 2.75) is 45.8 Å². The van der Waals surface area contributed by atoms with Crippen LogP contribution in [0.3, 0.4) is 0 Å². The summed E-state index contributed by atoms with van der Waals surface area (Å²) in [7, 11) is 0. The van der Waals surface area contributed by atoms with Gasteiger partial charge in [-0.1, -0.05) is 17.7 Å². The molecule has 2 aromatic carbocycles. The number of alkyl carbamates (subject to hydrolysis) is 1. The van der Waals surface area contributed by atoms with Crippen molar-refractivity contribution in [1.82, 2.24) is 5.32 Å². The number of benzene rings is 2. The minimum atomic E-state index is -0.845. The van der Waals surface area contributed by atoms with Crippen LogP contribution < -0.4 is 10.6 Å². The second kappa shape index (κ2) is 9.96. The van der Waals surface area contributed by atoms with E-state index in [1.54, 1.807) is 32.9 Å². The maximum Gasteiger partial charge on any atom is 0.408 e. The summed E-state index contributed by atoms with van der Waals surface area (Å²) < 4.78 is 6.68. The number of amides is 2. The Kier molecular flexibility index (Phi) is 8.15. The third kappa shape index (κ3) is 7.65. The number of hydrogen-bond acceptors (Lipinski definition) is 4. The van der Waals surface area contributed by atoms with Gasteiger partial charge >= 0.3 is 6.09 Å². The molecule has 2 rings (SSSR count). The highest BCUT2D eigenvalue weighted by Gasteiger charge is 2.25. The predicted octanol–water partition coefficient (Wildman–Crippen LogP) is 4.98. The molecule has 0 heterocycles. The van der Waals surface area contributed by atoms with Gasteiger partial charge in [0.15, 0.2) is 0 Å². The number of rotatable bonds is 5. The van der Waals surface area contributed by atoms with Crippen LogP contribution in [0.15, 0.2) is 36.4 Å². The summed E-state index contributed by atoms with van der Waals surface area (Å²) in [6, 6.07) is 10.2. The molecule has 29 heavy (non-hydrogen) atoms. The lowest BCUT2D eigenvalue weighted by atomic mass is 10.0. The SMILES string of the molecule is Cc1ccc(NC(=O)[C@@H](Cc2cc(I)c(O)c(I)c2)NC(=O)OC(C)(C)C)cc1. The van der Waals surface area contributed by atoms with E-state index in [4.69, 9.17) is 4.74 Å². The second-order valence-corrected chi connectivity index (χ2v) is 9.99. The number of phenols is 1. The summed E-state index contributed by atoms with van der Waals surface area (Å²) in [5.41, 5.74) is 1.87. The molecule has 1 atom stereocenters. The molecule has 8 heteroatoms. The Hall–Kier alpha value is -1.56. The van der Waals surface area contributed by atoms with Gasteiger partial charge in [0.25, 0.3) is 0 Å². The number of phenolic OH excluding ortho intramolecular Hbond substituents is 1. The predicted molar refractivity (Wildman–Crippen MR) is 130 cm³/mol. The van der Waals surface area contributed by atoms with Crippen molar-refractivity contribution in [3.05, 3.63) is 54.7 Å². The molecular formula is C21H24I2N2O4. The van der Waals surface area contributed by atoms with Crippen molar-refractivity contribution in [2.24, 2.45) is 0 Å². The zero-order valence-corrected chi connectivity index (χ0v) is 21.0. The van der Waals surface area contributed by atoms with Crippen molar-refractivity contribution in [1.29, 1.82) is 0 Å². The minimum absolute atomic E-state index is 0.204. The fraction of sp³-hybridized carbons (Fsp3) is 0.333. The molecular weight excluding hydrogens is 598 g/mol. The number of aromatic hydroxyl groups is 1. The van der Waals surface area contributed by atoms with Gasteiger partial charge in [-0.05, 0) is 103 Å². The van der Waals surface area contributed by atoms with Crippen LogP contribution in [0.4, 0.5) is 10.5 Å². The molecule has 2 amide bonds. The van der Waals surface area contributed by atoms with Gasteiger partial charge in [-0.15, -0.1) is 0 Å². The first-order valence-corrected chi connectivity index (χ1v) is 11.1. The van der Waals surface area contributed by atoms with E-state index in [9.17, 15) is 14.7 Å². The third-order valence-electron chi connectivity index (χ3n) is 3.84. The molecule has 0 spiro atoms. The fourth-order valence-electron chi connectivity index (χ4n) is 2.50. The molecule has 2 aromatic rings. The van der Waals surface area contributed by atoms with Crippen molar-refractivity contribution in [3.8, 4) is 5.75 Å². The molecule has 0 saturated heterocycles. The molecule has 0 unspecified atom stereocenters. The summed E-state index contributed by atoms with van der Waals surface area (Å²) in [6.45, 7) is 7.25. The number of halogens is 2. The molecule has 0 bridgehead atoms. The minimum Gasteiger partial charge on any atom is -0.506 e. The van der Waals surface area contributed by atoms with Crippen LogP contribution in [-0.2, 0) is 16.0 Å². The topological polar surface area (TPSA) is 87.7 Å². The van der Waals surface area contributed by atoms with Crippen LogP contribution in [0.1, 0.15) is 31.9 Å². The molecule has 0 aliphatic heterocycles. The molecule has 0 aromatic heterocycles. The summed E-state index contributed by atoms with van der Waals surface area (Å²) >= 11 is 4.07. The highest BCUT2D eigenvalue weighted by molar-refractivity contribution is 14.1.